The van der Waals surface area contributed by atoms with E-state index in [9.17, 15) is 9.59 Å². The van der Waals surface area contributed by atoms with Gasteiger partial charge in [0.15, 0.2) is 11.7 Å². The molecule has 0 unspecified atom stereocenters. The molecule has 0 fully saturated rings. The fourth-order valence-corrected chi connectivity index (χ4v) is 3.16. The number of thiocarbonyl (C=S) groups is 1. The maximum atomic E-state index is 12.7. The van der Waals surface area contributed by atoms with Gasteiger partial charge < -0.3 is 9.47 Å². The Hall–Kier alpha value is -2.65. The number of ether oxygens (including phenoxy) is 2. The molecule has 0 bridgehead atoms. The summed E-state index contributed by atoms with van der Waals surface area (Å²) in [4.78, 5) is 24.8. The Balaban J connectivity index is 1.87. The summed E-state index contributed by atoms with van der Waals surface area (Å²) in [6, 6.07) is 12.7. The molecule has 172 valence electrons. The molecule has 32 heavy (non-hydrogen) atoms. The summed E-state index contributed by atoms with van der Waals surface area (Å²) in [5.41, 5.74) is 6.26. The first kappa shape index (κ1) is 25.6. The van der Waals surface area contributed by atoms with E-state index in [-0.39, 0.29) is 17.6 Å². The maximum absolute atomic E-state index is 12.7. The summed E-state index contributed by atoms with van der Waals surface area (Å²) in [6.45, 7) is 8.41. The molecule has 0 atom stereocenters. The van der Waals surface area contributed by atoms with Gasteiger partial charge in [0, 0.05) is 4.47 Å². The van der Waals surface area contributed by atoms with Crippen molar-refractivity contribution >= 4 is 45.1 Å². The second kappa shape index (κ2) is 12.4. The third kappa shape index (κ3) is 8.12. The fourth-order valence-electron chi connectivity index (χ4n) is 2.66. The highest BCUT2D eigenvalue weighted by Gasteiger charge is 2.16. The normalized spacial score (nSPS) is 10.6. The van der Waals surface area contributed by atoms with Gasteiger partial charge in [-0.15, -0.1) is 0 Å². The molecule has 0 saturated carbocycles. The third-order valence-electron chi connectivity index (χ3n) is 4.20. The Bertz CT molecular complexity index is 966. The largest absolute Gasteiger partial charge is 0.492 e. The monoisotopic (exact) mass is 521 g/mol. The summed E-state index contributed by atoms with van der Waals surface area (Å²) in [6.07, 6.45) is 0. The molecule has 9 heteroatoms. The molecule has 0 aliphatic rings. The first-order valence-electron chi connectivity index (χ1n) is 10.2. The smallest absolute Gasteiger partial charge is 0.276 e. The van der Waals surface area contributed by atoms with Crippen LogP contribution in [-0.2, 0) is 4.79 Å². The molecule has 0 saturated heterocycles. The Morgan fingerprint density at radius 2 is 1.72 bits per heavy atom. The Kier molecular flexibility index (Phi) is 9.93. The van der Waals surface area contributed by atoms with Crippen molar-refractivity contribution in [3.63, 3.8) is 0 Å². The number of nitrogens with one attached hydrogen (secondary N) is 3. The van der Waals surface area contributed by atoms with Crippen molar-refractivity contribution in [2.45, 2.75) is 33.6 Å². The quantitative estimate of drug-likeness (QED) is 0.354. The van der Waals surface area contributed by atoms with Crippen molar-refractivity contribution in [3.05, 3.63) is 58.1 Å². The van der Waals surface area contributed by atoms with Gasteiger partial charge in [-0.05, 0) is 53.9 Å². The van der Waals surface area contributed by atoms with Gasteiger partial charge in [-0.2, -0.15) is 0 Å². The fraction of sp³-hybridized carbons (Fsp3) is 0.348. The van der Waals surface area contributed by atoms with Gasteiger partial charge in [0.25, 0.3) is 11.8 Å². The highest BCUT2D eigenvalue weighted by atomic mass is 79.9. The third-order valence-corrected chi connectivity index (χ3v) is 4.90. The van der Waals surface area contributed by atoms with E-state index in [1.165, 1.54) is 0 Å². The first-order valence-corrected chi connectivity index (χ1v) is 11.4. The van der Waals surface area contributed by atoms with Crippen LogP contribution in [0.4, 0.5) is 0 Å². The standard InChI is InChI=1S/C23H28BrN3O4S/c1-14(2)12-30-20-10-9-16(24)11-18(20)22(29)25-23(32)27-26-21(28)13-31-19-8-6-5-7-17(19)15(3)4/h5-11,14-15H,12-13H2,1-4H3,(H,26,28)(H2,25,27,29,32). The average Bonchev–Trinajstić information content (AvgIpc) is 2.75. The molecule has 0 radical (unpaired) electrons. The summed E-state index contributed by atoms with van der Waals surface area (Å²) in [5.74, 6) is 0.771. The molecule has 7 nitrogen and oxygen atoms in total. The number of amides is 2. The number of para-hydroxylation sites is 1. The molecule has 0 heterocycles. The number of benzene rings is 2. The van der Waals surface area contributed by atoms with E-state index in [0.29, 0.717) is 29.6 Å². The summed E-state index contributed by atoms with van der Waals surface area (Å²) in [7, 11) is 0. The van der Waals surface area contributed by atoms with Gasteiger partial charge in [0.1, 0.15) is 11.5 Å². The van der Waals surface area contributed by atoms with Crippen LogP contribution < -0.4 is 25.6 Å². The first-order chi connectivity index (χ1) is 15.2. The molecule has 2 amide bonds. The van der Waals surface area contributed by atoms with Crippen LogP contribution in [0.1, 0.15) is 49.5 Å². The van der Waals surface area contributed by atoms with Gasteiger partial charge >= 0.3 is 0 Å². The predicted molar refractivity (Wildman–Crippen MR) is 132 cm³/mol. The van der Waals surface area contributed by atoms with Crippen molar-refractivity contribution in [3.8, 4) is 11.5 Å². The average molecular weight is 522 g/mol. The van der Waals surface area contributed by atoms with Gasteiger partial charge in [-0.1, -0.05) is 61.8 Å². The van der Waals surface area contributed by atoms with Gasteiger partial charge in [0.05, 0.1) is 12.2 Å². The van der Waals surface area contributed by atoms with E-state index in [0.717, 1.165) is 10.0 Å². The molecule has 0 aliphatic carbocycles. The second-order valence-electron chi connectivity index (χ2n) is 7.78. The van der Waals surface area contributed by atoms with Crippen LogP contribution in [-0.4, -0.2) is 30.1 Å². The van der Waals surface area contributed by atoms with Crippen LogP contribution in [0.2, 0.25) is 0 Å². The molecule has 2 rings (SSSR count). The zero-order valence-electron chi connectivity index (χ0n) is 18.5. The Morgan fingerprint density at radius 1 is 1.00 bits per heavy atom. The molecule has 3 N–H and O–H groups in total. The van der Waals surface area contributed by atoms with Gasteiger partial charge in [-0.3, -0.25) is 25.8 Å². The maximum Gasteiger partial charge on any atom is 0.276 e. The minimum Gasteiger partial charge on any atom is -0.492 e. The molecular weight excluding hydrogens is 494 g/mol. The van der Waals surface area contributed by atoms with E-state index >= 15 is 0 Å². The highest BCUT2D eigenvalue weighted by Crippen LogP contribution is 2.26. The van der Waals surface area contributed by atoms with Crippen molar-refractivity contribution in [2.24, 2.45) is 5.92 Å². The Labute approximate surface area is 202 Å². The van der Waals surface area contributed by atoms with Crippen LogP contribution in [0.15, 0.2) is 46.9 Å². The lowest BCUT2D eigenvalue weighted by Crippen LogP contribution is -2.49. The zero-order chi connectivity index (χ0) is 23.7. The van der Waals surface area contributed by atoms with Gasteiger partial charge in [0.2, 0.25) is 0 Å². The summed E-state index contributed by atoms with van der Waals surface area (Å²) < 4.78 is 12.1. The van der Waals surface area contributed by atoms with E-state index in [2.05, 4.69) is 45.9 Å². The summed E-state index contributed by atoms with van der Waals surface area (Å²) >= 11 is 8.47. The van der Waals surface area contributed by atoms with E-state index in [4.69, 9.17) is 21.7 Å². The van der Waals surface area contributed by atoms with E-state index in [1.807, 2.05) is 38.1 Å². The number of carbonyl (C=O) groups excluding carboxylic acids is 2. The number of rotatable bonds is 8. The van der Waals surface area contributed by atoms with Gasteiger partial charge in [-0.25, -0.2) is 0 Å². The lowest BCUT2D eigenvalue weighted by molar-refractivity contribution is -0.123. The molecule has 0 aromatic heterocycles. The van der Waals surface area contributed by atoms with Crippen molar-refractivity contribution in [2.75, 3.05) is 13.2 Å². The zero-order valence-corrected chi connectivity index (χ0v) is 20.9. The molecular formula is C23H28BrN3O4S. The van der Waals surface area contributed by atoms with E-state index < -0.39 is 11.8 Å². The number of hydrazine groups is 1. The van der Waals surface area contributed by atoms with Crippen LogP contribution in [0.25, 0.3) is 0 Å². The molecule has 0 spiro atoms. The number of hydrogen-bond acceptors (Lipinski definition) is 5. The minimum absolute atomic E-state index is 0.0549. The minimum atomic E-state index is -0.459. The summed E-state index contributed by atoms with van der Waals surface area (Å²) in [5, 5.41) is 2.47. The van der Waals surface area contributed by atoms with E-state index in [1.54, 1.807) is 18.2 Å². The Morgan fingerprint density at radius 3 is 2.41 bits per heavy atom. The lowest BCUT2D eigenvalue weighted by Gasteiger charge is -2.15. The number of hydrogen-bond donors (Lipinski definition) is 3. The van der Waals surface area contributed by atoms with Crippen molar-refractivity contribution < 1.29 is 19.1 Å². The van der Waals surface area contributed by atoms with Crippen LogP contribution in [0, 0.1) is 5.92 Å². The highest BCUT2D eigenvalue weighted by molar-refractivity contribution is 9.10. The molecule has 2 aromatic carbocycles. The lowest BCUT2D eigenvalue weighted by atomic mass is 10.0. The molecule has 2 aromatic rings. The number of carbonyl (C=O) groups is 2. The van der Waals surface area contributed by atoms with Crippen LogP contribution in [0.3, 0.4) is 0 Å². The van der Waals surface area contributed by atoms with Crippen molar-refractivity contribution in [1.29, 1.82) is 0 Å². The number of halogens is 1. The van der Waals surface area contributed by atoms with Crippen molar-refractivity contribution in [1.82, 2.24) is 16.2 Å². The van der Waals surface area contributed by atoms with Crippen LogP contribution in [0.5, 0.6) is 11.5 Å². The SMILES string of the molecule is CC(C)COc1ccc(Br)cc1C(=O)NC(=S)NNC(=O)COc1ccccc1C(C)C. The molecule has 0 aliphatic heterocycles. The second-order valence-corrected chi connectivity index (χ2v) is 9.11. The topological polar surface area (TPSA) is 88.7 Å². The van der Waals surface area contributed by atoms with Crippen LogP contribution >= 0.6 is 28.1 Å². The predicted octanol–water partition coefficient (Wildman–Crippen LogP) is 4.32.